The van der Waals surface area contributed by atoms with Crippen molar-refractivity contribution in [2.75, 3.05) is 38.7 Å². The number of sulfonamides is 2. The quantitative estimate of drug-likeness (QED) is 0.225. The van der Waals surface area contributed by atoms with Crippen LogP contribution in [0, 0.1) is 17.8 Å². The van der Waals surface area contributed by atoms with E-state index in [9.17, 15) is 26.7 Å². The second-order valence-electron chi connectivity index (χ2n) is 13.8. The lowest BCUT2D eigenvalue weighted by Gasteiger charge is -2.33. The van der Waals surface area contributed by atoms with E-state index < -0.39 is 44.0 Å². The third-order valence-corrected chi connectivity index (χ3v) is 13.2. The number of aliphatic hydroxyl groups excluding tert-OH is 1. The van der Waals surface area contributed by atoms with Gasteiger partial charge in [0.25, 0.3) is 0 Å². The molecule has 2 aliphatic heterocycles. The topological polar surface area (TPSA) is 143 Å². The summed E-state index contributed by atoms with van der Waals surface area (Å²) in [5, 5.41) is 14.5. The molecule has 50 heavy (non-hydrogen) atoms. The Balaban J connectivity index is 1.26. The number of carbonyl (C=O) groups is 1. The zero-order valence-electron chi connectivity index (χ0n) is 29.0. The van der Waals surface area contributed by atoms with E-state index in [1.54, 1.807) is 13.0 Å². The van der Waals surface area contributed by atoms with Gasteiger partial charge in [-0.2, -0.15) is 4.31 Å². The first-order chi connectivity index (χ1) is 23.8. The van der Waals surface area contributed by atoms with Gasteiger partial charge in [-0.15, -0.1) is 0 Å². The maximum absolute atomic E-state index is 13.9. The van der Waals surface area contributed by atoms with Crippen LogP contribution in [0.2, 0.25) is 0 Å². The van der Waals surface area contributed by atoms with Crippen LogP contribution in [0.3, 0.4) is 0 Å². The highest BCUT2D eigenvalue weighted by Gasteiger charge is 2.35. The van der Waals surface area contributed by atoms with Crippen LogP contribution in [0.25, 0.3) is 0 Å². The molecule has 3 atom stereocenters. The van der Waals surface area contributed by atoms with Crippen LogP contribution < -0.4 is 14.8 Å². The van der Waals surface area contributed by atoms with Crippen LogP contribution in [-0.4, -0.2) is 87.3 Å². The minimum Gasteiger partial charge on any atom is -0.454 e. The third kappa shape index (κ3) is 9.85. The van der Waals surface area contributed by atoms with Crippen LogP contribution in [0.4, 0.5) is 0 Å². The highest BCUT2D eigenvalue weighted by molar-refractivity contribution is 7.89. The van der Waals surface area contributed by atoms with Gasteiger partial charge in [0.15, 0.2) is 11.5 Å². The van der Waals surface area contributed by atoms with E-state index in [-0.39, 0.29) is 42.9 Å². The molecule has 0 aliphatic carbocycles. The number of nitrogens with one attached hydrogen (secondary N) is 1. The van der Waals surface area contributed by atoms with E-state index >= 15 is 0 Å². The molecular weight excluding hydrogens is 679 g/mol. The molecule has 11 nitrogen and oxygen atoms in total. The molecule has 0 bridgehead atoms. The Bertz CT molecular complexity index is 1780. The molecule has 2 aliphatic rings. The van der Waals surface area contributed by atoms with Gasteiger partial charge in [0, 0.05) is 32.2 Å². The Morgan fingerprint density at radius 1 is 0.880 bits per heavy atom. The summed E-state index contributed by atoms with van der Waals surface area (Å²) in [6.07, 6.45) is 1.31. The largest absolute Gasteiger partial charge is 0.454 e. The third-order valence-electron chi connectivity index (χ3n) is 9.27. The van der Waals surface area contributed by atoms with E-state index in [1.165, 1.54) is 26.3 Å². The molecule has 1 amide bonds. The van der Waals surface area contributed by atoms with Crippen molar-refractivity contribution >= 4 is 26.0 Å². The first-order valence-electron chi connectivity index (χ1n) is 17.3. The van der Waals surface area contributed by atoms with Gasteiger partial charge in [-0.1, -0.05) is 81.4 Å². The number of piperidine rings is 1. The Morgan fingerprint density at radius 3 is 2.14 bits per heavy atom. The highest BCUT2D eigenvalue weighted by atomic mass is 32.2. The van der Waals surface area contributed by atoms with Crippen molar-refractivity contribution < 1.29 is 36.2 Å². The summed E-state index contributed by atoms with van der Waals surface area (Å²) in [4.78, 5) is 13.6. The van der Waals surface area contributed by atoms with Gasteiger partial charge in [0.1, 0.15) is 0 Å². The normalized spacial score (nSPS) is 17.5. The second kappa shape index (κ2) is 16.7. The zero-order valence-corrected chi connectivity index (χ0v) is 30.6. The summed E-state index contributed by atoms with van der Waals surface area (Å²) >= 11 is 0. The van der Waals surface area contributed by atoms with Crippen molar-refractivity contribution in [1.29, 1.82) is 0 Å². The number of hydrogen-bond acceptors (Lipinski definition) is 8. The van der Waals surface area contributed by atoms with E-state index in [0.29, 0.717) is 30.5 Å². The molecule has 3 aromatic carbocycles. The minimum absolute atomic E-state index is 0.00109. The zero-order chi connectivity index (χ0) is 35.9. The van der Waals surface area contributed by atoms with Gasteiger partial charge in [0.05, 0.1) is 28.7 Å². The summed E-state index contributed by atoms with van der Waals surface area (Å²) in [5.41, 5.74) is 2.06. The van der Waals surface area contributed by atoms with Crippen LogP contribution in [0.1, 0.15) is 44.7 Å². The maximum atomic E-state index is 13.9. The molecule has 1 saturated heterocycles. The minimum atomic E-state index is -4.08. The average Bonchev–Trinajstić information content (AvgIpc) is 3.57. The predicted octanol–water partition coefficient (Wildman–Crippen LogP) is 4.07. The molecule has 0 spiro atoms. The number of ether oxygens (including phenoxy) is 2. The number of amides is 1. The molecule has 3 aromatic rings. The Labute approximate surface area is 296 Å². The number of carbonyl (C=O) groups excluding carboxylic acids is 1. The van der Waals surface area contributed by atoms with Crippen molar-refractivity contribution in [3.63, 3.8) is 0 Å². The van der Waals surface area contributed by atoms with Gasteiger partial charge in [-0.25, -0.2) is 21.1 Å². The first-order valence-corrected chi connectivity index (χ1v) is 20.3. The van der Waals surface area contributed by atoms with Gasteiger partial charge in [-0.05, 0) is 60.8 Å². The number of aliphatic hydroxyl groups is 1. The lowest BCUT2D eigenvalue weighted by atomic mass is 9.91. The smallest absolute Gasteiger partial charge is 0.243 e. The maximum Gasteiger partial charge on any atom is 0.243 e. The summed E-state index contributed by atoms with van der Waals surface area (Å²) in [5.74, 6) is -0.692. The molecule has 2 heterocycles. The fourth-order valence-corrected chi connectivity index (χ4v) is 9.91. The second-order valence-corrected chi connectivity index (χ2v) is 17.8. The summed E-state index contributed by atoms with van der Waals surface area (Å²) in [7, 11) is -7.80. The number of hydrogen-bond donors (Lipinski definition) is 2. The standard InChI is InChI=1S/C37H49N3O8S2/c1-27(2)23-40(50(45,46)32-14-15-35-36(22-32)48-26-47-35)24-34(41)33(21-30-12-8-5-9-13-30)38-37(42)28(3)25-49(43,44)39-18-16-31(17-19-39)20-29-10-6-4-7-11-29/h4-15,22,27-28,31,33-34,41H,16-21,23-26H2,1-3H3,(H,38,42)/t28-,33-,34+/m0/s1. The van der Waals surface area contributed by atoms with Crippen LogP contribution in [0.5, 0.6) is 11.5 Å². The monoisotopic (exact) mass is 727 g/mol. The average molecular weight is 728 g/mol. The van der Waals surface area contributed by atoms with Crippen LogP contribution >= 0.6 is 0 Å². The number of benzene rings is 3. The molecule has 2 N–H and O–H groups in total. The van der Waals surface area contributed by atoms with Crippen molar-refractivity contribution in [3.05, 3.63) is 90.0 Å². The molecule has 5 rings (SSSR count). The van der Waals surface area contributed by atoms with Crippen molar-refractivity contribution in [2.24, 2.45) is 17.8 Å². The number of nitrogens with zero attached hydrogens (tertiary/aromatic N) is 2. The number of rotatable bonds is 16. The molecule has 0 unspecified atom stereocenters. The van der Waals surface area contributed by atoms with E-state index in [4.69, 9.17) is 9.47 Å². The molecule has 272 valence electrons. The van der Waals surface area contributed by atoms with Crippen molar-refractivity contribution in [3.8, 4) is 11.5 Å². The molecular formula is C37H49N3O8S2. The predicted molar refractivity (Wildman–Crippen MR) is 192 cm³/mol. The van der Waals surface area contributed by atoms with Gasteiger partial charge in [0.2, 0.25) is 32.7 Å². The summed E-state index contributed by atoms with van der Waals surface area (Å²) < 4.78 is 68.1. The molecule has 1 fully saturated rings. The van der Waals surface area contributed by atoms with E-state index in [2.05, 4.69) is 17.4 Å². The molecule has 0 aromatic heterocycles. The molecule has 0 radical (unpaired) electrons. The highest BCUT2D eigenvalue weighted by Crippen LogP contribution is 2.35. The van der Waals surface area contributed by atoms with E-state index in [0.717, 1.165) is 24.8 Å². The van der Waals surface area contributed by atoms with Crippen LogP contribution in [-0.2, 0) is 37.7 Å². The fourth-order valence-electron chi connectivity index (χ4n) is 6.51. The Kier molecular flexibility index (Phi) is 12.6. The molecule has 13 heteroatoms. The molecule has 0 saturated carbocycles. The lowest BCUT2D eigenvalue weighted by molar-refractivity contribution is -0.125. The fraction of sp³-hybridized carbons (Fsp3) is 0.486. The SMILES string of the molecule is CC(C)CN(C[C@@H](O)[C@H](Cc1ccccc1)NC(=O)[C@@H](C)CS(=O)(=O)N1CCC(Cc2ccccc2)CC1)S(=O)(=O)c1ccc2c(c1)OCO2. The Hall–Kier alpha value is -3.49. The van der Waals surface area contributed by atoms with Crippen LogP contribution in [0.15, 0.2) is 83.8 Å². The van der Waals surface area contributed by atoms with Crippen molar-refractivity contribution in [2.45, 2.75) is 63.5 Å². The Morgan fingerprint density at radius 2 is 1.50 bits per heavy atom. The summed E-state index contributed by atoms with van der Waals surface area (Å²) in [6.45, 7) is 5.97. The van der Waals surface area contributed by atoms with Gasteiger partial charge in [-0.3, -0.25) is 4.79 Å². The summed E-state index contributed by atoms with van der Waals surface area (Å²) in [6, 6.07) is 22.9. The number of fused-ring (bicyclic) bond motifs is 1. The van der Waals surface area contributed by atoms with Gasteiger partial charge < -0.3 is 19.9 Å². The van der Waals surface area contributed by atoms with Gasteiger partial charge >= 0.3 is 0 Å². The van der Waals surface area contributed by atoms with E-state index in [1.807, 2.05) is 62.4 Å². The van der Waals surface area contributed by atoms with Crippen molar-refractivity contribution in [1.82, 2.24) is 13.9 Å². The first kappa shape index (κ1) is 37.8. The lowest BCUT2D eigenvalue weighted by Crippen LogP contribution is -2.52.